The summed E-state index contributed by atoms with van der Waals surface area (Å²) in [6, 6.07) is 0. The zero-order chi connectivity index (χ0) is 18.0. The average Bonchev–Trinajstić information content (AvgIpc) is 2.86. The van der Waals surface area contributed by atoms with Gasteiger partial charge in [-0.3, -0.25) is 0 Å². The van der Waals surface area contributed by atoms with Crippen molar-refractivity contribution in [3.63, 3.8) is 0 Å². The van der Waals surface area contributed by atoms with Crippen molar-refractivity contribution in [2.45, 2.75) is 97.2 Å². The third kappa shape index (κ3) is 3.20. The van der Waals surface area contributed by atoms with E-state index in [9.17, 15) is 5.11 Å². The van der Waals surface area contributed by atoms with E-state index in [1.807, 2.05) is 0 Å². The van der Waals surface area contributed by atoms with Crippen LogP contribution in [0.1, 0.15) is 86.0 Å². The number of hydrogen-bond acceptors (Lipinski definition) is 2. The van der Waals surface area contributed by atoms with Gasteiger partial charge in [-0.05, 0) is 92.8 Å². The average molecular weight is 349 g/mol. The molecule has 5 fully saturated rings. The van der Waals surface area contributed by atoms with Gasteiger partial charge in [0, 0.05) is 0 Å². The summed E-state index contributed by atoms with van der Waals surface area (Å²) >= 11 is 0. The van der Waals surface area contributed by atoms with Crippen molar-refractivity contribution in [1.29, 1.82) is 0 Å². The van der Waals surface area contributed by atoms with E-state index < -0.39 is 5.60 Å². The van der Waals surface area contributed by atoms with E-state index in [2.05, 4.69) is 34.6 Å². The maximum Gasteiger partial charge on any atom is 0.0691 e. The maximum atomic E-state index is 10.8. The molecule has 6 atom stereocenters. The van der Waals surface area contributed by atoms with Crippen molar-refractivity contribution in [2.75, 3.05) is 6.61 Å². The number of ether oxygens (including phenoxy) is 1. The molecular weight excluding hydrogens is 308 g/mol. The molecule has 0 aliphatic heterocycles. The molecule has 5 saturated carbocycles. The summed E-state index contributed by atoms with van der Waals surface area (Å²) < 4.78 is 6.76. The highest BCUT2D eigenvalue weighted by atomic mass is 16.5. The first-order chi connectivity index (χ1) is 11.6. The predicted octanol–water partition coefficient (Wildman–Crippen LogP) is 5.43. The Labute approximate surface area is 155 Å². The summed E-state index contributed by atoms with van der Waals surface area (Å²) in [6.45, 7) is 12.4. The molecule has 1 N–H and O–H groups in total. The Morgan fingerprint density at radius 3 is 2.16 bits per heavy atom. The smallest absolute Gasteiger partial charge is 0.0691 e. The first-order valence-corrected chi connectivity index (χ1v) is 11.0. The Bertz CT molecular complexity index is 497. The number of rotatable bonds is 4. The van der Waals surface area contributed by atoms with Crippen LogP contribution in [0.2, 0.25) is 0 Å². The van der Waals surface area contributed by atoms with Crippen molar-refractivity contribution in [1.82, 2.24) is 0 Å². The minimum Gasteiger partial charge on any atom is -0.390 e. The lowest BCUT2D eigenvalue weighted by Crippen LogP contribution is -2.57. The largest absolute Gasteiger partial charge is 0.390 e. The van der Waals surface area contributed by atoms with Crippen LogP contribution in [0.5, 0.6) is 0 Å². The quantitative estimate of drug-likeness (QED) is 0.734. The monoisotopic (exact) mass is 348 g/mol. The van der Waals surface area contributed by atoms with Gasteiger partial charge in [0.2, 0.25) is 0 Å². The SMILES string of the molecule is CCC(COC12CC3CCC4C3CC(C)(O)CC4C(C1)C2)C(C)(C)C. The van der Waals surface area contributed by atoms with E-state index >= 15 is 0 Å². The molecule has 5 aliphatic rings. The van der Waals surface area contributed by atoms with E-state index in [1.165, 1.54) is 38.5 Å². The molecule has 6 bridgehead atoms. The van der Waals surface area contributed by atoms with Gasteiger partial charge in [-0.25, -0.2) is 0 Å². The molecule has 0 spiro atoms. The van der Waals surface area contributed by atoms with Crippen LogP contribution in [0.4, 0.5) is 0 Å². The van der Waals surface area contributed by atoms with Gasteiger partial charge in [0.1, 0.15) is 0 Å². The van der Waals surface area contributed by atoms with Crippen LogP contribution < -0.4 is 0 Å². The van der Waals surface area contributed by atoms with E-state index in [-0.39, 0.29) is 5.60 Å². The molecule has 6 unspecified atom stereocenters. The first-order valence-electron chi connectivity index (χ1n) is 11.0. The molecule has 0 saturated heterocycles. The zero-order valence-corrected chi connectivity index (χ0v) is 17.2. The van der Waals surface area contributed by atoms with Crippen molar-refractivity contribution in [3.8, 4) is 0 Å². The van der Waals surface area contributed by atoms with Gasteiger partial charge in [-0.2, -0.15) is 0 Å². The molecule has 0 aromatic heterocycles. The van der Waals surface area contributed by atoms with E-state index in [1.54, 1.807) is 0 Å². The highest BCUT2D eigenvalue weighted by molar-refractivity contribution is 5.11. The molecule has 0 heterocycles. The molecule has 25 heavy (non-hydrogen) atoms. The lowest BCUT2D eigenvalue weighted by Gasteiger charge is -2.59. The number of hydrogen-bond donors (Lipinski definition) is 1. The highest BCUT2D eigenvalue weighted by Gasteiger charge is 2.60. The van der Waals surface area contributed by atoms with E-state index in [0.717, 1.165) is 49.0 Å². The fourth-order valence-electron chi connectivity index (χ4n) is 7.33. The summed E-state index contributed by atoms with van der Waals surface area (Å²) in [7, 11) is 0. The molecule has 0 amide bonds. The van der Waals surface area contributed by atoms with Gasteiger partial charge in [-0.15, -0.1) is 0 Å². The van der Waals surface area contributed by atoms with Crippen LogP contribution in [0.3, 0.4) is 0 Å². The predicted molar refractivity (Wildman–Crippen MR) is 102 cm³/mol. The summed E-state index contributed by atoms with van der Waals surface area (Å²) in [5.41, 5.74) is 0.108. The van der Waals surface area contributed by atoms with Crippen LogP contribution in [-0.2, 0) is 4.74 Å². The van der Waals surface area contributed by atoms with E-state index in [4.69, 9.17) is 4.74 Å². The standard InChI is InChI=1S/C23H40O2/c1-6-17(21(2,3)4)14-25-23-9-15-7-8-18-19(15)12-22(5,24)13-20(18)16(10-23)11-23/h15-20,24H,6-14H2,1-5H3. The van der Waals surface area contributed by atoms with Gasteiger partial charge in [0.05, 0.1) is 17.8 Å². The molecule has 144 valence electrons. The second-order valence-corrected chi connectivity index (χ2v) is 11.6. The maximum absolute atomic E-state index is 10.8. The second kappa shape index (κ2) is 5.96. The summed E-state index contributed by atoms with van der Waals surface area (Å²) in [5.74, 6) is 4.71. The third-order valence-electron chi connectivity index (χ3n) is 8.74. The molecule has 2 nitrogen and oxygen atoms in total. The van der Waals surface area contributed by atoms with Crippen molar-refractivity contribution in [3.05, 3.63) is 0 Å². The lowest BCUT2D eigenvalue weighted by molar-refractivity contribution is -0.201. The van der Waals surface area contributed by atoms with Crippen molar-refractivity contribution in [2.24, 2.45) is 40.9 Å². The van der Waals surface area contributed by atoms with Crippen LogP contribution >= 0.6 is 0 Å². The normalized spacial score (nSPS) is 49.9. The fraction of sp³-hybridized carbons (Fsp3) is 1.00. The van der Waals surface area contributed by atoms with Crippen LogP contribution in [-0.4, -0.2) is 22.9 Å². The van der Waals surface area contributed by atoms with Crippen LogP contribution in [0.15, 0.2) is 0 Å². The van der Waals surface area contributed by atoms with Gasteiger partial charge in [-0.1, -0.05) is 34.1 Å². The third-order valence-corrected chi connectivity index (χ3v) is 8.74. The molecule has 2 heteroatoms. The Kier molecular flexibility index (Phi) is 4.36. The topological polar surface area (TPSA) is 29.5 Å². The molecule has 0 aromatic rings. The minimum absolute atomic E-state index is 0.184. The summed E-state index contributed by atoms with van der Waals surface area (Å²) in [5, 5.41) is 10.8. The van der Waals surface area contributed by atoms with Gasteiger partial charge in [0.15, 0.2) is 0 Å². The molecule has 5 aliphatic carbocycles. The van der Waals surface area contributed by atoms with Crippen molar-refractivity contribution >= 4 is 0 Å². The fourth-order valence-corrected chi connectivity index (χ4v) is 7.33. The molecule has 0 aromatic carbocycles. The van der Waals surface area contributed by atoms with Crippen LogP contribution in [0.25, 0.3) is 0 Å². The lowest BCUT2D eigenvalue weighted by atomic mass is 9.51. The minimum atomic E-state index is -0.412. The highest BCUT2D eigenvalue weighted by Crippen LogP contribution is 2.64. The summed E-state index contributed by atoms with van der Waals surface area (Å²) in [4.78, 5) is 0. The zero-order valence-electron chi connectivity index (χ0n) is 17.2. The first kappa shape index (κ1) is 18.3. The molecular formula is C23H40O2. The van der Waals surface area contributed by atoms with Crippen LogP contribution in [0, 0.1) is 40.9 Å². The van der Waals surface area contributed by atoms with Gasteiger partial charge in [0.25, 0.3) is 0 Å². The Morgan fingerprint density at radius 1 is 0.960 bits per heavy atom. The summed E-state index contributed by atoms with van der Waals surface area (Å²) in [6.07, 6.45) is 9.92. The Morgan fingerprint density at radius 2 is 1.56 bits per heavy atom. The second-order valence-electron chi connectivity index (χ2n) is 11.6. The van der Waals surface area contributed by atoms with E-state index in [0.29, 0.717) is 11.3 Å². The molecule has 5 rings (SSSR count). The van der Waals surface area contributed by atoms with Crippen molar-refractivity contribution < 1.29 is 9.84 Å². The van der Waals surface area contributed by atoms with Gasteiger partial charge >= 0.3 is 0 Å². The Balaban J connectivity index is 1.49. The number of aliphatic hydroxyl groups is 1. The molecule has 0 radical (unpaired) electrons. The van der Waals surface area contributed by atoms with Gasteiger partial charge < -0.3 is 9.84 Å². The Hall–Kier alpha value is -0.0800.